The van der Waals surface area contributed by atoms with Crippen molar-refractivity contribution in [3.8, 4) is 0 Å². The second kappa shape index (κ2) is 9.05. The number of rotatable bonds is 10. The Morgan fingerprint density at radius 3 is 2.00 bits per heavy atom. The number of unbranched alkanes of at least 4 members (excludes halogenated alkanes) is 1. The molecule has 0 N–H and O–H groups in total. The molecule has 0 aliphatic heterocycles. The molecule has 0 saturated heterocycles. The zero-order valence-electron chi connectivity index (χ0n) is 14.8. The van der Waals surface area contributed by atoms with Gasteiger partial charge in [0, 0.05) is 0 Å². The molecule has 0 spiro atoms. The van der Waals surface area contributed by atoms with E-state index in [9.17, 15) is 0 Å². The molecule has 0 fully saturated rings. The third-order valence-electron chi connectivity index (χ3n) is 4.73. The minimum Gasteiger partial charge on any atom is -0.375 e. The lowest BCUT2D eigenvalue weighted by atomic mass is 9.64. The van der Waals surface area contributed by atoms with Crippen LogP contribution in [0.15, 0.2) is 0 Å². The minimum absolute atomic E-state index is 0.324. The van der Waals surface area contributed by atoms with Gasteiger partial charge in [-0.3, -0.25) is 0 Å². The van der Waals surface area contributed by atoms with Gasteiger partial charge in [-0.05, 0) is 38.0 Å². The van der Waals surface area contributed by atoms with E-state index < -0.39 is 0 Å². The molecule has 0 aliphatic carbocycles. The summed E-state index contributed by atoms with van der Waals surface area (Å²) >= 11 is 0. The Morgan fingerprint density at radius 1 is 1.11 bits per heavy atom. The highest BCUT2D eigenvalue weighted by atomic mass is 16.5. The molecule has 0 bridgehead atoms. The molecule has 0 aromatic rings. The molecule has 0 saturated carbocycles. The maximum atomic E-state index is 6.42. The summed E-state index contributed by atoms with van der Waals surface area (Å²) in [6.45, 7) is 16.1. The fourth-order valence-corrected chi connectivity index (χ4v) is 3.21. The SMILES string of the molecule is BC(C)C(CC)C(OC(C)C)C(C)(CC)CCCC. The van der Waals surface area contributed by atoms with Gasteiger partial charge < -0.3 is 4.74 Å². The first-order valence-electron chi connectivity index (χ1n) is 8.47. The van der Waals surface area contributed by atoms with Crippen LogP contribution in [-0.2, 0) is 4.74 Å². The second-order valence-electron chi connectivity index (χ2n) is 7.03. The van der Waals surface area contributed by atoms with E-state index in [0.717, 1.165) is 0 Å². The van der Waals surface area contributed by atoms with Crippen molar-refractivity contribution in [1.29, 1.82) is 0 Å². The molecular formula is C17H37BO. The average Bonchev–Trinajstić information content (AvgIpc) is 2.34. The van der Waals surface area contributed by atoms with Crippen LogP contribution in [0.3, 0.4) is 0 Å². The smallest absolute Gasteiger partial charge is 0.105 e. The number of hydrogen-bond acceptors (Lipinski definition) is 1. The van der Waals surface area contributed by atoms with Crippen LogP contribution >= 0.6 is 0 Å². The van der Waals surface area contributed by atoms with Crippen LogP contribution in [0, 0.1) is 11.3 Å². The normalized spacial score (nSPS) is 20.0. The summed E-state index contributed by atoms with van der Waals surface area (Å²) in [5, 5.41) is 0. The van der Waals surface area contributed by atoms with Crippen LogP contribution in [0.4, 0.5) is 0 Å². The van der Waals surface area contributed by atoms with E-state index in [-0.39, 0.29) is 0 Å². The Bertz CT molecular complexity index is 227. The monoisotopic (exact) mass is 268 g/mol. The van der Waals surface area contributed by atoms with Gasteiger partial charge in [0.05, 0.1) is 12.2 Å². The molecule has 0 aromatic heterocycles. The molecule has 4 unspecified atom stereocenters. The van der Waals surface area contributed by atoms with Crippen LogP contribution in [0.2, 0.25) is 5.82 Å². The van der Waals surface area contributed by atoms with Gasteiger partial charge in [-0.2, -0.15) is 0 Å². The van der Waals surface area contributed by atoms with Crippen molar-refractivity contribution >= 4 is 7.85 Å². The first-order chi connectivity index (χ1) is 8.82. The first-order valence-corrected chi connectivity index (χ1v) is 8.47. The summed E-state index contributed by atoms with van der Waals surface area (Å²) in [4.78, 5) is 0. The second-order valence-corrected chi connectivity index (χ2v) is 7.03. The Kier molecular flexibility index (Phi) is 9.06. The minimum atomic E-state index is 0.324. The summed E-state index contributed by atoms with van der Waals surface area (Å²) in [6, 6.07) is 0. The Labute approximate surface area is 123 Å². The molecule has 0 aromatic carbocycles. The largest absolute Gasteiger partial charge is 0.375 e. The van der Waals surface area contributed by atoms with Gasteiger partial charge in [-0.25, -0.2) is 0 Å². The predicted octanol–water partition coefficient (Wildman–Crippen LogP) is 4.85. The summed E-state index contributed by atoms with van der Waals surface area (Å²) in [5.41, 5.74) is 0.325. The third-order valence-corrected chi connectivity index (χ3v) is 4.73. The summed E-state index contributed by atoms with van der Waals surface area (Å²) < 4.78 is 6.42. The zero-order chi connectivity index (χ0) is 15.1. The lowest BCUT2D eigenvalue weighted by Gasteiger charge is -2.44. The van der Waals surface area contributed by atoms with Gasteiger partial charge in [0.25, 0.3) is 0 Å². The predicted molar refractivity (Wildman–Crippen MR) is 89.7 cm³/mol. The summed E-state index contributed by atoms with van der Waals surface area (Å²) in [6.07, 6.45) is 7.05. The van der Waals surface area contributed by atoms with Gasteiger partial charge >= 0.3 is 0 Å². The topological polar surface area (TPSA) is 9.23 Å². The van der Waals surface area contributed by atoms with Crippen molar-refractivity contribution in [2.24, 2.45) is 11.3 Å². The van der Waals surface area contributed by atoms with Gasteiger partial charge in [-0.15, -0.1) is 0 Å². The fraction of sp³-hybridized carbons (Fsp3) is 1.00. The van der Waals surface area contributed by atoms with Crippen LogP contribution in [0.5, 0.6) is 0 Å². The molecule has 4 atom stereocenters. The van der Waals surface area contributed by atoms with E-state index in [1.54, 1.807) is 0 Å². The molecule has 114 valence electrons. The molecule has 0 rings (SSSR count). The highest BCUT2D eigenvalue weighted by Crippen LogP contribution is 2.42. The van der Waals surface area contributed by atoms with E-state index in [2.05, 4.69) is 56.3 Å². The molecule has 0 radical (unpaired) electrons. The molecular weight excluding hydrogens is 231 g/mol. The van der Waals surface area contributed by atoms with E-state index in [1.807, 2.05) is 0 Å². The van der Waals surface area contributed by atoms with Crippen LogP contribution in [-0.4, -0.2) is 20.1 Å². The maximum absolute atomic E-state index is 6.42. The van der Waals surface area contributed by atoms with Crippen molar-refractivity contribution in [3.63, 3.8) is 0 Å². The van der Waals surface area contributed by atoms with E-state index in [1.165, 1.54) is 32.1 Å². The highest BCUT2D eigenvalue weighted by molar-refractivity contribution is 6.11. The van der Waals surface area contributed by atoms with Gasteiger partial charge in [-0.1, -0.05) is 59.7 Å². The zero-order valence-corrected chi connectivity index (χ0v) is 14.8. The van der Waals surface area contributed by atoms with E-state index in [0.29, 0.717) is 29.4 Å². The van der Waals surface area contributed by atoms with Crippen LogP contribution in [0.25, 0.3) is 0 Å². The van der Waals surface area contributed by atoms with Gasteiger partial charge in [0.2, 0.25) is 0 Å². The van der Waals surface area contributed by atoms with Crippen molar-refractivity contribution in [2.75, 3.05) is 0 Å². The number of hydrogen-bond donors (Lipinski definition) is 0. The Hall–Kier alpha value is 0.0249. The van der Waals surface area contributed by atoms with E-state index in [4.69, 9.17) is 4.74 Å². The van der Waals surface area contributed by atoms with Crippen LogP contribution in [0.1, 0.15) is 80.6 Å². The van der Waals surface area contributed by atoms with Crippen molar-refractivity contribution in [2.45, 2.75) is 98.6 Å². The van der Waals surface area contributed by atoms with Crippen LogP contribution < -0.4 is 0 Å². The molecule has 1 nitrogen and oxygen atoms in total. The first kappa shape index (κ1) is 19.0. The van der Waals surface area contributed by atoms with Crippen molar-refractivity contribution in [3.05, 3.63) is 0 Å². The molecule has 0 heterocycles. The van der Waals surface area contributed by atoms with Crippen molar-refractivity contribution < 1.29 is 4.74 Å². The highest BCUT2D eigenvalue weighted by Gasteiger charge is 2.39. The molecule has 0 aliphatic rings. The maximum Gasteiger partial charge on any atom is 0.105 e. The lowest BCUT2D eigenvalue weighted by Crippen LogP contribution is -2.43. The third kappa shape index (κ3) is 5.89. The van der Waals surface area contributed by atoms with Gasteiger partial charge in [0.15, 0.2) is 0 Å². The molecule has 0 amide bonds. The number of ether oxygens (including phenoxy) is 1. The van der Waals surface area contributed by atoms with Gasteiger partial charge in [0.1, 0.15) is 7.85 Å². The Balaban J connectivity index is 5.16. The standard InChI is InChI=1S/C17H37BO/c1-8-11-12-17(7,10-3)16(19-13(4)5)15(9-2)14(6)18/h13-16H,8-12,18H2,1-7H3. The van der Waals surface area contributed by atoms with Crippen molar-refractivity contribution in [1.82, 2.24) is 0 Å². The summed E-state index contributed by atoms with van der Waals surface area (Å²) in [5.74, 6) is 1.37. The molecule has 19 heavy (non-hydrogen) atoms. The fourth-order valence-electron chi connectivity index (χ4n) is 3.21. The van der Waals surface area contributed by atoms with E-state index >= 15 is 0 Å². The Morgan fingerprint density at radius 2 is 1.68 bits per heavy atom. The lowest BCUT2D eigenvalue weighted by molar-refractivity contribution is -0.103. The summed E-state index contributed by atoms with van der Waals surface area (Å²) in [7, 11) is 2.35. The quantitative estimate of drug-likeness (QED) is 0.514. The molecule has 2 heteroatoms. The average molecular weight is 268 g/mol.